The Bertz CT molecular complexity index is 596. The third-order valence-electron chi connectivity index (χ3n) is 3.20. The minimum atomic E-state index is -0.668. The van der Waals surface area contributed by atoms with Crippen LogP contribution in [-0.2, 0) is 11.3 Å². The Balaban J connectivity index is 2.13. The van der Waals surface area contributed by atoms with Crippen molar-refractivity contribution in [1.82, 2.24) is 4.90 Å². The van der Waals surface area contributed by atoms with Gasteiger partial charge in [-0.2, -0.15) is 0 Å². The Morgan fingerprint density at radius 3 is 2.38 bits per heavy atom. The van der Waals surface area contributed by atoms with Gasteiger partial charge in [-0.05, 0) is 31.3 Å². The summed E-state index contributed by atoms with van der Waals surface area (Å²) in [7, 11) is 3.99. The maximum absolute atomic E-state index is 12.3. The van der Waals surface area contributed by atoms with Crippen LogP contribution in [0.25, 0.3) is 0 Å². The highest BCUT2D eigenvalue weighted by Crippen LogP contribution is 2.19. The Kier molecular flexibility index (Phi) is 5.09. The average Bonchev–Trinajstić information content (AvgIpc) is 2.49. The highest BCUT2D eigenvalue weighted by molar-refractivity contribution is 5.96. The molecule has 4 nitrogen and oxygen atoms in total. The number of anilines is 1. The van der Waals surface area contributed by atoms with E-state index in [1.165, 1.54) is 0 Å². The largest absolute Gasteiger partial charge is 0.324 e. The molecule has 0 saturated carbocycles. The first kappa shape index (κ1) is 15.2. The number of carbonyl (C=O) groups is 1. The van der Waals surface area contributed by atoms with Crippen LogP contribution in [0.2, 0.25) is 0 Å². The molecule has 0 aliphatic heterocycles. The lowest BCUT2D eigenvalue weighted by molar-refractivity contribution is -0.117. The van der Waals surface area contributed by atoms with E-state index in [-0.39, 0.29) is 5.91 Å². The summed E-state index contributed by atoms with van der Waals surface area (Å²) in [5.41, 5.74) is 8.69. The number of hydrogen-bond donors (Lipinski definition) is 2. The van der Waals surface area contributed by atoms with Crippen molar-refractivity contribution in [2.75, 3.05) is 19.4 Å². The van der Waals surface area contributed by atoms with Gasteiger partial charge >= 0.3 is 0 Å². The van der Waals surface area contributed by atoms with Gasteiger partial charge in [0.05, 0.1) is 0 Å². The molecule has 0 aromatic heterocycles. The zero-order valence-corrected chi connectivity index (χ0v) is 12.4. The molecule has 0 unspecified atom stereocenters. The van der Waals surface area contributed by atoms with Crippen molar-refractivity contribution in [2.24, 2.45) is 5.73 Å². The predicted molar refractivity (Wildman–Crippen MR) is 85.8 cm³/mol. The third-order valence-corrected chi connectivity index (χ3v) is 3.20. The van der Waals surface area contributed by atoms with Crippen molar-refractivity contribution in [3.63, 3.8) is 0 Å². The second-order valence-electron chi connectivity index (χ2n) is 5.27. The van der Waals surface area contributed by atoms with E-state index >= 15 is 0 Å². The van der Waals surface area contributed by atoms with Crippen LogP contribution >= 0.6 is 0 Å². The molecule has 1 atom stereocenters. The first-order valence-electron chi connectivity index (χ1n) is 6.92. The van der Waals surface area contributed by atoms with E-state index in [2.05, 4.69) is 10.2 Å². The van der Waals surface area contributed by atoms with E-state index in [1.807, 2.05) is 68.7 Å². The fraction of sp³-hybridized carbons (Fsp3) is 0.235. The van der Waals surface area contributed by atoms with Gasteiger partial charge in [0.25, 0.3) is 0 Å². The Morgan fingerprint density at radius 2 is 1.71 bits per heavy atom. The highest BCUT2D eigenvalue weighted by atomic mass is 16.2. The second-order valence-corrected chi connectivity index (χ2v) is 5.27. The van der Waals surface area contributed by atoms with Crippen LogP contribution in [0.3, 0.4) is 0 Å². The molecule has 0 aliphatic carbocycles. The topological polar surface area (TPSA) is 58.4 Å². The highest BCUT2D eigenvalue weighted by Gasteiger charge is 2.16. The molecule has 2 aromatic rings. The summed E-state index contributed by atoms with van der Waals surface area (Å²) in [5, 5.41) is 2.92. The van der Waals surface area contributed by atoms with Gasteiger partial charge in [-0.25, -0.2) is 0 Å². The summed E-state index contributed by atoms with van der Waals surface area (Å²) >= 11 is 0. The number of para-hydroxylation sites is 1. The first-order valence-corrected chi connectivity index (χ1v) is 6.92. The number of rotatable bonds is 5. The summed E-state index contributed by atoms with van der Waals surface area (Å²) in [5.74, 6) is -0.201. The zero-order valence-electron chi connectivity index (χ0n) is 12.4. The molecule has 0 radical (unpaired) electrons. The standard InChI is InChI=1S/C17H21N3O/c1-20(2)12-14-10-6-7-11-15(14)19-17(21)16(18)13-8-4-3-5-9-13/h3-11,16H,12,18H2,1-2H3,(H,19,21)/t16-/m0/s1. The molecular weight excluding hydrogens is 262 g/mol. The van der Waals surface area contributed by atoms with E-state index in [1.54, 1.807) is 0 Å². The van der Waals surface area contributed by atoms with E-state index in [0.717, 1.165) is 23.4 Å². The maximum Gasteiger partial charge on any atom is 0.245 e. The normalized spacial score (nSPS) is 12.2. The summed E-state index contributed by atoms with van der Waals surface area (Å²) in [4.78, 5) is 14.4. The second kappa shape index (κ2) is 7.02. The van der Waals surface area contributed by atoms with Crippen molar-refractivity contribution in [2.45, 2.75) is 12.6 Å². The van der Waals surface area contributed by atoms with Crippen molar-refractivity contribution in [3.8, 4) is 0 Å². The first-order chi connectivity index (χ1) is 10.1. The van der Waals surface area contributed by atoms with E-state index in [0.29, 0.717) is 0 Å². The summed E-state index contributed by atoms with van der Waals surface area (Å²) in [6, 6.07) is 16.5. The Labute approximate surface area is 125 Å². The van der Waals surface area contributed by atoms with Gasteiger partial charge in [0.1, 0.15) is 6.04 Å². The van der Waals surface area contributed by atoms with Gasteiger partial charge in [-0.15, -0.1) is 0 Å². The molecule has 0 heterocycles. The molecule has 0 aliphatic rings. The van der Waals surface area contributed by atoms with Crippen LogP contribution in [0.1, 0.15) is 17.2 Å². The van der Waals surface area contributed by atoms with Crippen LogP contribution in [-0.4, -0.2) is 24.9 Å². The Hall–Kier alpha value is -2.17. The Morgan fingerprint density at radius 1 is 1.10 bits per heavy atom. The number of nitrogens with one attached hydrogen (secondary N) is 1. The number of benzene rings is 2. The van der Waals surface area contributed by atoms with Crippen molar-refractivity contribution in [1.29, 1.82) is 0 Å². The minimum Gasteiger partial charge on any atom is -0.324 e. The molecule has 0 fully saturated rings. The van der Waals surface area contributed by atoms with Crippen LogP contribution < -0.4 is 11.1 Å². The average molecular weight is 283 g/mol. The molecule has 2 aromatic carbocycles. The molecule has 3 N–H and O–H groups in total. The summed E-state index contributed by atoms with van der Waals surface area (Å²) in [6.45, 7) is 0.761. The quantitative estimate of drug-likeness (QED) is 0.886. The van der Waals surface area contributed by atoms with Gasteiger partial charge in [-0.3, -0.25) is 4.79 Å². The van der Waals surface area contributed by atoms with Gasteiger partial charge < -0.3 is 16.0 Å². The number of amides is 1. The lowest BCUT2D eigenvalue weighted by atomic mass is 10.1. The van der Waals surface area contributed by atoms with Crippen LogP contribution in [0.4, 0.5) is 5.69 Å². The summed E-state index contributed by atoms with van der Waals surface area (Å²) < 4.78 is 0. The fourth-order valence-corrected chi connectivity index (χ4v) is 2.14. The van der Waals surface area contributed by atoms with Crippen LogP contribution in [0, 0.1) is 0 Å². The van der Waals surface area contributed by atoms with Crippen molar-refractivity contribution in [3.05, 3.63) is 65.7 Å². The number of nitrogens with zero attached hydrogens (tertiary/aromatic N) is 1. The molecule has 4 heteroatoms. The van der Waals surface area contributed by atoms with Gasteiger partial charge in [0, 0.05) is 12.2 Å². The lowest BCUT2D eigenvalue weighted by Gasteiger charge is -2.17. The predicted octanol–water partition coefficient (Wildman–Crippen LogP) is 2.39. The van der Waals surface area contributed by atoms with Gasteiger partial charge in [-0.1, -0.05) is 48.5 Å². The number of hydrogen-bond acceptors (Lipinski definition) is 3. The molecule has 0 spiro atoms. The minimum absolute atomic E-state index is 0.201. The molecule has 110 valence electrons. The maximum atomic E-state index is 12.3. The molecule has 2 rings (SSSR count). The van der Waals surface area contributed by atoms with E-state index < -0.39 is 6.04 Å². The number of carbonyl (C=O) groups excluding carboxylic acids is 1. The van der Waals surface area contributed by atoms with E-state index in [9.17, 15) is 4.79 Å². The smallest absolute Gasteiger partial charge is 0.245 e. The van der Waals surface area contributed by atoms with Crippen LogP contribution in [0.5, 0.6) is 0 Å². The van der Waals surface area contributed by atoms with Crippen LogP contribution in [0.15, 0.2) is 54.6 Å². The van der Waals surface area contributed by atoms with Gasteiger partial charge in [0.2, 0.25) is 5.91 Å². The third kappa shape index (κ3) is 4.15. The molecule has 21 heavy (non-hydrogen) atoms. The molecular formula is C17H21N3O. The monoisotopic (exact) mass is 283 g/mol. The van der Waals surface area contributed by atoms with Gasteiger partial charge in [0.15, 0.2) is 0 Å². The number of nitrogens with two attached hydrogens (primary N) is 1. The molecule has 0 bridgehead atoms. The zero-order chi connectivity index (χ0) is 15.2. The summed E-state index contributed by atoms with van der Waals surface area (Å²) in [6.07, 6.45) is 0. The SMILES string of the molecule is CN(C)Cc1ccccc1NC(=O)[C@@H](N)c1ccccc1. The van der Waals surface area contributed by atoms with Crippen molar-refractivity contribution < 1.29 is 4.79 Å². The fourth-order valence-electron chi connectivity index (χ4n) is 2.14. The molecule has 0 saturated heterocycles. The lowest BCUT2D eigenvalue weighted by Crippen LogP contribution is -2.28. The van der Waals surface area contributed by atoms with Crippen molar-refractivity contribution >= 4 is 11.6 Å². The molecule has 1 amide bonds. The van der Waals surface area contributed by atoms with E-state index in [4.69, 9.17) is 5.73 Å².